The third-order valence-electron chi connectivity index (χ3n) is 7.41. The van der Waals surface area contributed by atoms with E-state index in [1.807, 2.05) is 30.3 Å². The van der Waals surface area contributed by atoms with Crippen LogP contribution in [0.2, 0.25) is 0 Å². The van der Waals surface area contributed by atoms with Crippen molar-refractivity contribution in [2.24, 2.45) is 11.8 Å². The van der Waals surface area contributed by atoms with Gasteiger partial charge in [-0.25, -0.2) is 0 Å². The summed E-state index contributed by atoms with van der Waals surface area (Å²) in [7, 11) is -3.98. The Kier molecular flexibility index (Phi) is 16.6. The van der Waals surface area contributed by atoms with Crippen LogP contribution in [0.5, 0.6) is 0 Å². The van der Waals surface area contributed by atoms with E-state index in [-0.39, 0.29) is 0 Å². The van der Waals surface area contributed by atoms with E-state index in [4.69, 9.17) is 9.05 Å². The molecular formula is C30H57O3P. The minimum absolute atomic E-state index is 0.465. The van der Waals surface area contributed by atoms with Crippen LogP contribution < -0.4 is 5.30 Å². The van der Waals surface area contributed by atoms with Crippen LogP contribution in [0.3, 0.4) is 0 Å². The van der Waals surface area contributed by atoms with Gasteiger partial charge in [0.15, 0.2) is 0 Å². The van der Waals surface area contributed by atoms with E-state index in [9.17, 15) is 4.89 Å². The molecule has 0 radical (unpaired) electrons. The van der Waals surface area contributed by atoms with E-state index < -0.39 is 7.28 Å². The second kappa shape index (κ2) is 17.9. The predicted octanol–water partition coefficient (Wildman–Crippen LogP) is 9.43. The fourth-order valence-corrected chi connectivity index (χ4v) is 8.12. The molecule has 0 aromatic heterocycles. The van der Waals surface area contributed by atoms with Crippen molar-refractivity contribution in [1.29, 1.82) is 0 Å². The predicted molar refractivity (Wildman–Crippen MR) is 152 cm³/mol. The van der Waals surface area contributed by atoms with Gasteiger partial charge in [-0.15, -0.1) is 0 Å². The van der Waals surface area contributed by atoms with Crippen LogP contribution in [0.4, 0.5) is 0 Å². The molecule has 200 valence electrons. The third kappa shape index (κ3) is 11.1. The summed E-state index contributed by atoms with van der Waals surface area (Å²) >= 11 is 0. The monoisotopic (exact) mass is 496 g/mol. The summed E-state index contributed by atoms with van der Waals surface area (Å²) in [5, 5.41) is 0.873. The Balaban J connectivity index is 3.16. The molecule has 0 aliphatic rings. The van der Waals surface area contributed by atoms with Crippen LogP contribution in [0.25, 0.3) is 0 Å². The van der Waals surface area contributed by atoms with Crippen molar-refractivity contribution in [2.75, 3.05) is 19.4 Å². The number of benzene rings is 1. The minimum atomic E-state index is -3.98. The molecule has 4 heteroatoms. The average molecular weight is 497 g/mol. The number of hydrogen-bond acceptors (Lipinski definition) is 3. The second-order valence-electron chi connectivity index (χ2n) is 10.3. The number of unbranched alkanes of at least 4 members (excludes halogenated alkanes) is 7. The summed E-state index contributed by atoms with van der Waals surface area (Å²) in [6.45, 7) is 12.4. The molecule has 0 heterocycles. The van der Waals surface area contributed by atoms with Crippen molar-refractivity contribution in [2.45, 2.75) is 125 Å². The fraction of sp³-hybridized carbons (Fsp3) is 0.800. The van der Waals surface area contributed by atoms with Crippen LogP contribution in [-0.4, -0.2) is 24.3 Å². The van der Waals surface area contributed by atoms with Gasteiger partial charge in [-0.1, -0.05) is 0 Å². The molecule has 1 aromatic carbocycles. The standard InChI is InChI=1S/C30H57O3P/c1-6-11-14-15-16-20-25-34(31,30-23-18-17-19-24-30,32-26-28(9-4)21-12-7-2)33-27-29(10-5)22-13-8-3/h17-19,23-24,28-29,31H,6-16,20-22,25-27H2,1-5H3. The molecule has 0 aliphatic carbocycles. The summed E-state index contributed by atoms with van der Waals surface area (Å²) in [4.78, 5) is 12.7. The molecule has 0 amide bonds. The van der Waals surface area contributed by atoms with Gasteiger partial charge in [-0.05, 0) is 0 Å². The summed E-state index contributed by atoms with van der Waals surface area (Å²) < 4.78 is 13.5. The SMILES string of the molecule is CCCCCCCCP(O)(OCC(CC)CCCC)(OCC(CC)CCCC)c1ccccc1. The zero-order valence-corrected chi connectivity index (χ0v) is 24.2. The van der Waals surface area contributed by atoms with Gasteiger partial charge >= 0.3 is 213 Å². The first-order chi connectivity index (χ1) is 16.5. The summed E-state index contributed by atoms with van der Waals surface area (Å²) in [5.41, 5.74) is 0. The van der Waals surface area contributed by atoms with Gasteiger partial charge in [0, 0.05) is 0 Å². The average Bonchev–Trinajstić information content (AvgIpc) is 2.87. The fourth-order valence-electron chi connectivity index (χ4n) is 4.65. The molecule has 3 nitrogen and oxygen atoms in total. The molecule has 1 N–H and O–H groups in total. The number of hydrogen-bond donors (Lipinski definition) is 1. The zero-order chi connectivity index (χ0) is 25.1. The second-order valence-corrected chi connectivity index (χ2v) is 14.0. The van der Waals surface area contributed by atoms with E-state index in [1.165, 1.54) is 51.4 Å². The first-order valence-electron chi connectivity index (χ1n) is 14.6. The topological polar surface area (TPSA) is 38.7 Å². The van der Waals surface area contributed by atoms with Crippen molar-refractivity contribution in [3.8, 4) is 0 Å². The maximum atomic E-state index is 12.7. The molecule has 1 aromatic rings. The third-order valence-corrected chi connectivity index (χ3v) is 11.2. The Morgan fingerprint density at radius 2 is 1.12 bits per heavy atom. The van der Waals surface area contributed by atoms with E-state index in [1.54, 1.807) is 0 Å². The van der Waals surface area contributed by atoms with Gasteiger partial charge in [-0.2, -0.15) is 0 Å². The van der Waals surface area contributed by atoms with Gasteiger partial charge in [0.1, 0.15) is 0 Å². The van der Waals surface area contributed by atoms with Gasteiger partial charge < -0.3 is 0 Å². The van der Waals surface area contributed by atoms with Crippen molar-refractivity contribution in [1.82, 2.24) is 0 Å². The Morgan fingerprint density at radius 1 is 0.647 bits per heavy atom. The molecule has 0 spiro atoms. The van der Waals surface area contributed by atoms with Gasteiger partial charge in [-0.3, -0.25) is 0 Å². The van der Waals surface area contributed by atoms with Gasteiger partial charge in [0.05, 0.1) is 0 Å². The quantitative estimate of drug-likeness (QED) is 0.128. The maximum absolute atomic E-state index is 12.7. The Labute approximate surface area is 212 Å². The van der Waals surface area contributed by atoms with Crippen LogP contribution in [0.1, 0.15) is 125 Å². The molecule has 2 unspecified atom stereocenters. The van der Waals surface area contributed by atoms with Crippen LogP contribution in [0.15, 0.2) is 30.3 Å². The Hall–Kier alpha value is -0.470. The van der Waals surface area contributed by atoms with Crippen molar-refractivity contribution >= 4 is 12.6 Å². The van der Waals surface area contributed by atoms with Crippen molar-refractivity contribution in [3.05, 3.63) is 30.3 Å². The molecular weight excluding hydrogens is 439 g/mol. The first-order valence-corrected chi connectivity index (χ1v) is 16.8. The van der Waals surface area contributed by atoms with Crippen molar-refractivity contribution < 1.29 is 13.9 Å². The summed E-state index contributed by atoms with van der Waals surface area (Å²) in [5.74, 6) is 0.931. The van der Waals surface area contributed by atoms with E-state index in [2.05, 4.69) is 34.6 Å². The Morgan fingerprint density at radius 3 is 1.59 bits per heavy atom. The summed E-state index contributed by atoms with van der Waals surface area (Å²) in [6.07, 6.45) is 17.0. The molecule has 0 saturated heterocycles. The molecule has 34 heavy (non-hydrogen) atoms. The normalized spacial score (nSPS) is 15.1. The Bertz CT molecular complexity index is 586. The van der Waals surface area contributed by atoms with Crippen molar-refractivity contribution in [3.63, 3.8) is 0 Å². The van der Waals surface area contributed by atoms with Crippen LogP contribution in [0, 0.1) is 11.8 Å². The summed E-state index contributed by atoms with van der Waals surface area (Å²) in [6, 6.07) is 10.1. The molecule has 0 bridgehead atoms. The molecule has 1 rings (SSSR count). The molecule has 0 fully saturated rings. The van der Waals surface area contributed by atoms with E-state index in [0.717, 1.165) is 43.8 Å². The van der Waals surface area contributed by atoms with E-state index in [0.29, 0.717) is 31.2 Å². The zero-order valence-electron chi connectivity index (χ0n) is 23.3. The number of rotatable bonds is 22. The molecule has 2 atom stereocenters. The van der Waals surface area contributed by atoms with Gasteiger partial charge in [0.25, 0.3) is 0 Å². The first kappa shape index (κ1) is 31.6. The van der Waals surface area contributed by atoms with Crippen LogP contribution >= 0.6 is 7.28 Å². The van der Waals surface area contributed by atoms with E-state index >= 15 is 0 Å². The molecule has 0 saturated carbocycles. The van der Waals surface area contributed by atoms with Crippen LogP contribution in [-0.2, 0) is 9.05 Å². The van der Waals surface area contributed by atoms with Gasteiger partial charge in [0.2, 0.25) is 0 Å². The molecule has 0 aliphatic heterocycles.